The minimum atomic E-state index is -0.261. The highest BCUT2D eigenvalue weighted by Gasteiger charge is 2.25. The van der Waals surface area contributed by atoms with Crippen LogP contribution in [0.2, 0.25) is 0 Å². The summed E-state index contributed by atoms with van der Waals surface area (Å²) in [6, 6.07) is 9.87. The second kappa shape index (κ2) is 5.29. The molecule has 0 radical (unpaired) electrons. The first-order valence-corrected chi connectivity index (χ1v) is 7.17. The van der Waals surface area contributed by atoms with Gasteiger partial charge < -0.3 is 15.0 Å². The molecule has 20 heavy (non-hydrogen) atoms. The Morgan fingerprint density at radius 1 is 1.40 bits per heavy atom. The molecule has 1 aromatic heterocycles. The van der Waals surface area contributed by atoms with Crippen LogP contribution in [0.15, 0.2) is 30.3 Å². The van der Waals surface area contributed by atoms with Crippen molar-refractivity contribution < 1.29 is 9.90 Å². The lowest BCUT2D eigenvalue weighted by atomic mass is 10.1. The van der Waals surface area contributed by atoms with Gasteiger partial charge in [0.05, 0.1) is 6.10 Å². The van der Waals surface area contributed by atoms with Gasteiger partial charge in [0, 0.05) is 30.4 Å². The first-order chi connectivity index (χ1) is 9.66. The Morgan fingerprint density at radius 3 is 2.90 bits per heavy atom. The topological polar surface area (TPSA) is 54.3 Å². The molecule has 2 aromatic rings. The molecule has 1 aliphatic carbocycles. The first-order valence-electron chi connectivity index (χ1n) is 7.17. The maximum atomic E-state index is 12.3. The van der Waals surface area contributed by atoms with Crippen molar-refractivity contribution in [1.29, 1.82) is 0 Å². The van der Waals surface area contributed by atoms with Crippen molar-refractivity contribution >= 4 is 16.8 Å². The van der Waals surface area contributed by atoms with E-state index in [1.165, 1.54) is 0 Å². The maximum Gasteiger partial charge on any atom is 0.267 e. The number of aromatic nitrogens is 1. The van der Waals surface area contributed by atoms with Gasteiger partial charge in [-0.15, -0.1) is 0 Å². The van der Waals surface area contributed by atoms with E-state index in [2.05, 4.69) is 5.32 Å². The van der Waals surface area contributed by atoms with Crippen LogP contribution < -0.4 is 5.32 Å². The summed E-state index contributed by atoms with van der Waals surface area (Å²) in [4.78, 5) is 12.3. The minimum absolute atomic E-state index is 0.0669. The van der Waals surface area contributed by atoms with Gasteiger partial charge in [-0.2, -0.15) is 0 Å². The maximum absolute atomic E-state index is 12.3. The Labute approximate surface area is 118 Å². The number of para-hydroxylation sites is 1. The van der Waals surface area contributed by atoms with Gasteiger partial charge in [0.1, 0.15) is 5.69 Å². The van der Waals surface area contributed by atoms with Crippen LogP contribution in [0, 0.1) is 5.92 Å². The van der Waals surface area contributed by atoms with Crippen LogP contribution in [0.4, 0.5) is 0 Å². The summed E-state index contributed by atoms with van der Waals surface area (Å²) < 4.78 is 1.91. The summed E-state index contributed by atoms with van der Waals surface area (Å²) in [6.45, 7) is 0.557. The molecule has 0 spiro atoms. The second-order valence-electron chi connectivity index (χ2n) is 5.62. The van der Waals surface area contributed by atoms with Crippen molar-refractivity contribution in [3.8, 4) is 0 Å². The molecule has 3 rings (SSSR count). The van der Waals surface area contributed by atoms with Crippen LogP contribution in [-0.2, 0) is 7.05 Å². The van der Waals surface area contributed by atoms with Crippen molar-refractivity contribution in [3.63, 3.8) is 0 Å². The molecule has 1 saturated carbocycles. The predicted octanol–water partition coefficient (Wildman–Crippen LogP) is 2.07. The summed E-state index contributed by atoms with van der Waals surface area (Å²) >= 11 is 0. The lowest BCUT2D eigenvalue weighted by Gasteiger charge is -2.15. The second-order valence-corrected chi connectivity index (χ2v) is 5.62. The van der Waals surface area contributed by atoms with E-state index in [1.54, 1.807) is 0 Å². The van der Waals surface area contributed by atoms with Gasteiger partial charge in [0.2, 0.25) is 0 Å². The number of carbonyl (C=O) groups is 1. The molecular formula is C16H20N2O2. The van der Waals surface area contributed by atoms with E-state index in [0.717, 1.165) is 30.2 Å². The number of carbonyl (C=O) groups excluding carboxylic acids is 1. The largest absolute Gasteiger partial charge is 0.393 e. The Kier molecular flexibility index (Phi) is 3.49. The van der Waals surface area contributed by atoms with Gasteiger partial charge in [0.15, 0.2) is 0 Å². The fraction of sp³-hybridized carbons (Fsp3) is 0.438. The van der Waals surface area contributed by atoms with E-state index in [9.17, 15) is 9.90 Å². The van der Waals surface area contributed by atoms with E-state index in [0.29, 0.717) is 12.2 Å². The molecule has 4 nitrogen and oxygen atoms in total. The Bertz CT molecular complexity index is 632. The highest BCUT2D eigenvalue weighted by molar-refractivity contribution is 5.98. The zero-order valence-corrected chi connectivity index (χ0v) is 11.7. The number of amides is 1. The van der Waals surface area contributed by atoms with E-state index in [1.807, 2.05) is 41.9 Å². The van der Waals surface area contributed by atoms with Crippen LogP contribution in [0.3, 0.4) is 0 Å². The monoisotopic (exact) mass is 272 g/mol. The molecule has 2 atom stereocenters. The third kappa shape index (κ3) is 2.31. The summed E-state index contributed by atoms with van der Waals surface area (Å²) in [5.41, 5.74) is 1.72. The lowest BCUT2D eigenvalue weighted by molar-refractivity contribution is 0.0909. The zero-order valence-electron chi connectivity index (χ0n) is 11.7. The molecule has 4 heteroatoms. The number of aliphatic hydroxyl groups excluding tert-OH is 1. The molecule has 106 valence electrons. The summed E-state index contributed by atoms with van der Waals surface area (Å²) in [7, 11) is 1.90. The quantitative estimate of drug-likeness (QED) is 0.898. The van der Waals surface area contributed by atoms with E-state index in [-0.39, 0.29) is 17.9 Å². The molecule has 1 aromatic carbocycles. The van der Waals surface area contributed by atoms with Crippen LogP contribution in [0.5, 0.6) is 0 Å². The standard InChI is InChI=1S/C16H20N2O2/c1-18-13-7-3-2-5-11(13)9-14(18)16(20)17-10-12-6-4-8-15(12)19/h2-3,5,7,9,12,15,19H,4,6,8,10H2,1H3,(H,17,20)/t12-,15-/m0/s1. The fourth-order valence-electron chi connectivity index (χ4n) is 3.08. The summed E-state index contributed by atoms with van der Waals surface area (Å²) in [5.74, 6) is 0.136. The molecule has 0 unspecified atom stereocenters. The van der Waals surface area contributed by atoms with E-state index in [4.69, 9.17) is 0 Å². The van der Waals surface area contributed by atoms with Gasteiger partial charge in [-0.05, 0) is 25.0 Å². The van der Waals surface area contributed by atoms with E-state index >= 15 is 0 Å². The van der Waals surface area contributed by atoms with Gasteiger partial charge >= 0.3 is 0 Å². The van der Waals surface area contributed by atoms with Crippen molar-refractivity contribution in [3.05, 3.63) is 36.0 Å². The van der Waals surface area contributed by atoms with E-state index < -0.39 is 0 Å². The molecule has 1 amide bonds. The first kappa shape index (κ1) is 13.2. The van der Waals surface area contributed by atoms with Crippen molar-refractivity contribution in [2.45, 2.75) is 25.4 Å². The van der Waals surface area contributed by atoms with Crippen LogP contribution >= 0.6 is 0 Å². The number of benzene rings is 1. The normalized spacial score (nSPS) is 22.3. The number of hydrogen-bond acceptors (Lipinski definition) is 2. The molecule has 2 N–H and O–H groups in total. The molecule has 0 aliphatic heterocycles. The Hall–Kier alpha value is -1.81. The number of aliphatic hydroxyl groups is 1. The number of nitrogens with one attached hydrogen (secondary N) is 1. The van der Waals surface area contributed by atoms with Gasteiger partial charge in [-0.1, -0.05) is 24.6 Å². The van der Waals surface area contributed by atoms with Gasteiger partial charge in [-0.25, -0.2) is 0 Å². The van der Waals surface area contributed by atoms with Crippen molar-refractivity contribution in [1.82, 2.24) is 9.88 Å². The summed E-state index contributed by atoms with van der Waals surface area (Å²) in [5, 5.41) is 13.8. The highest BCUT2D eigenvalue weighted by Crippen LogP contribution is 2.25. The molecule has 0 bridgehead atoms. The Balaban J connectivity index is 1.74. The fourth-order valence-corrected chi connectivity index (χ4v) is 3.08. The SMILES string of the molecule is Cn1c(C(=O)NC[C@@H]2CCC[C@@H]2O)cc2ccccc21. The molecule has 1 heterocycles. The molecule has 0 saturated heterocycles. The molecule has 1 fully saturated rings. The average Bonchev–Trinajstić information content (AvgIpc) is 3.01. The van der Waals surface area contributed by atoms with Crippen molar-refractivity contribution in [2.75, 3.05) is 6.54 Å². The average molecular weight is 272 g/mol. The molecular weight excluding hydrogens is 252 g/mol. The third-order valence-electron chi connectivity index (χ3n) is 4.33. The number of fused-ring (bicyclic) bond motifs is 1. The number of rotatable bonds is 3. The summed E-state index contributed by atoms with van der Waals surface area (Å²) in [6.07, 6.45) is 2.64. The number of aryl methyl sites for hydroxylation is 1. The predicted molar refractivity (Wildman–Crippen MR) is 78.6 cm³/mol. The van der Waals surface area contributed by atoms with Crippen molar-refractivity contribution in [2.24, 2.45) is 13.0 Å². The number of nitrogens with zero attached hydrogens (tertiary/aromatic N) is 1. The van der Waals surface area contributed by atoms with Gasteiger partial charge in [0.25, 0.3) is 5.91 Å². The van der Waals surface area contributed by atoms with Crippen LogP contribution in [-0.4, -0.2) is 28.2 Å². The third-order valence-corrected chi connectivity index (χ3v) is 4.33. The van der Waals surface area contributed by atoms with Crippen LogP contribution in [0.1, 0.15) is 29.8 Å². The highest BCUT2D eigenvalue weighted by atomic mass is 16.3. The van der Waals surface area contributed by atoms with Crippen LogP contribution in [0.25, 0.3) is 10.9 Å². The Morgan fingerprint density at radius 2 is 2.20 bits per heavy atom. The van der Waals surface area contributed by atoms with Gasteiger partial charge in [-0.3, -0.25) is 4.79 Å². The smallest absolute Gasteiger partial charge is 0.267 e. The number of hydrogen-bond donors (Lipinski definition) is 2. The minimum Gasteiger partial charge on any atom is -0.393 e. The molecule has 1 aliphatic rings. The lowest BCUT2D eigenvalue weighted by Crippen LogP contribution is -2.33. The zero-order chi connectivity index (χ0) is 14.1.